The lowest BCUT2D eigenvalue weighted by Crippen LogP contribution is -2.28. The van der Waals surface area contributed by atoms with E-state index in [0.717, 1.165) is 50.8 Å². The van der Waals surface area contributed by atoms with Gasteiger partial charge in [-0.25, -0.2) is 0 Å². The summed E-state index contributed by atoms with van der Waals surface area (Å²) in [6.07, 6.45) is 3.68. The number of aryl methyl sites for hydroxylation is 1. The third-order valence-electron chi connectivity index (χ3n) is 5.03. The van der Waals surface area contributed by atoms with Gasteiger partial charge in [0.1, 0.15) is 5.75 Å². The molecule has 0 spiro atoms. The first-order valence-electron chi connectivity index (χ1n) is 8.27. The van der Waals surface area contributed by atoms with Crippen molar-refractivity contribution in [2.24, 2.45) is 0 Å². The van der Waals surface area contributed by atoms with E-state index in [-0.39, 0.29) is 5.91 Å². The predicted octanol–water partition coefficient (Wildman–Crippen LogP) is 4.92. The Labute approximate surface area is 154 Å². The molecule has 0 saturated heterocycles. The van der Waals surface area contributed by atoms with E-state index in [1.54, 1.807) is 7.11 Å². The highest BCUT2D eigenvalue weighted by atomic mass is 79.9. The molecule has 25 heavy (non-hydrogen) atoms. The van der Waals surface area contributed by atoms with Crippen molar-refractivity contribution in [2.75, 3.05) is 12.4 Å². The number of hydrogen-bond acceptors (Lipinski definition) is 2. The van der Waals surface area contributed by atoms with Gasteiger partial charge in [-0.05, 0) is 67.3 Å². The molecule has 1 aromatic heterocycles. The van der Waals surface area contributed by atoms with Crippen molar-refractivity contribution in [3.05, 3.63) is 58.2 Å². The fourth-order valence-electron chi connectivity index (χ4n) is 3.38. The SMILES string of the molecule is COc1ccc2[nH]cc(C3(C(=O)Nc4ccc(Br)cc4C)CC3)c2c1. The maximum Gasteiger partial charge on any atom is 0.235 e. The van der Waals surface area contributed by atoms with Crippen molar-refractivity contribution in [1.82, 2.24) is 4.98 Å². The summed E-state index contributed by atoms with van der Waals surface area (Å²) >= 11 is 3.46. The summed E-state index contributed by atoms with van der Waals surface area (Å²) in [6, 6.07) is 11.8. The van der Waals surface area contributed by atoms with E-state index in [1.807, 2.05) is 49.5 Å². The van der Waals surface area contributed by atoms with Gasteiger partial charge in [-0.15, -0.1) is 0 Å². The zero-order chi connectivity index (χ0) is 17.6. The summed E-state index contributed by atoms with van der Waals surface area (Å²) in [5, 5.41) is 4.17. The highest BCUT2D eigenvalue weighted by molar-refractivity contribution is 9.10. The van der Waals surface area contributed by atoms with Crippen LogP contribution in [0.1, 0.15) is 24.0 Å². The lowest BCUT2D eigenvalue weighted by atomic mass is 9.94. The molecule has 0 unspecified atom stereocenters. The van der Waals surface area contributed by atoms with Gasteiger partial charge in [-0.2, -0.15) is 0 Å². The molecule has 1 amide bonds. The molecule has 128 valence electrons. The Balaban J connectivity index is 1.69. The highest BCUT2D eigenvalue weighted by Crippen LogP contribution is 2.51. The molecule has 0 aliphatic heterocycles. The van der Waals surface area contributed by atoms with E-state index in [4.69, 9.17) is 4.74 Å². The molecule has 0 atom stereocenters. The van der Waals surface area contributed by atoms with E-state index < -0.39 is 5.41 Å². The van der Waals surface area contributed by atoms with Gasteiger partial charge in [-0.1, -0.05) is 15.9 Å². The quantitative estimate of drug-likeness (QED) is 0.655. The van der Waals surface area contributed by atoms with Gasteiger partial charge in [0.2, 0.25) is 5.91 Å². The minimum atomic E-state index is -0.454. The third-order valence-corrected chi connectivity index (χ3v) is 5.52. The first kappa shape index (κ1) is 16.2. The summed E-state index contributed by atoms with van der Waals surface area (Å²) in [4.78, 5) is 16.3. The van der Waals surface area contributed by atoms with Crippen LogP contribution in [0.2, 0.25) is 0 Å². The number of amides is 1. The number of H-pyrrole nitrogens is 1. The Morgan fingerprint density at radius 3 is 2.72 bits per heavy atom. The minimum Gasteiger partial charge on any atom is -0.497 e. The number of ether oxygens (including phenoxy) is 1. The van der Waals surface area contributed by atoms with E-state index >= 15 is 0 Å². The number of carbonyl (C=O) groups excluding carboxylic acids is 1. The average molecular weight is 399 g/mol. The van der Waals surface area contributed by atoms with Gasteiger partial charge >= 0.3 is 0 Å². The Kier molecular flexibility index (Phi) is 3.84. The number of hydrogen-bond donors (Lipinski definition) is 2. The maximum absolute atomic E-state index is 13.1. The van der Waals surface area contributed by atoms with Gasteiger partial charge in [0.15, 0.2) is 0 Å². The number of benzene rings is 2. The molecule has 2 N–H and O–H groups in total. The summed E-state index contributed by atoms with van der Waals surface area (Å²) in [5.74, 6) is 0.856. The number of methoxy groups -OCH3 is 1. The first-order valence-corrected chi connectivity index (χ1v) is 9.06. The molecule has 0 radical (unpaired) electrons. The first-order chi connectivity index (χ1) is 12.0. The van der Waals surface area contributed by atoms with Gasteiger partial charge in [0, 0.05) is 27.3 Å². The number of halogens is 1. The van der Waals surface area contributed by atoms with Crippen molar-refractivity contribution >= 4 is 38.4 Å². The highest BCUT2D eigenvalue weighted by Gasteiger charge is 2.52. The molecule has 4 rings (SSSR count). The van der Waals surface area contributed by atoms with Crippen molar-refractivity contribution in [1.29, 1.82) is 0 Å². The van der Waals surface area contributed by atoms with Crippen LogP contribution in [0.5, 0.6) is 5.75 Å². The standard InChI is InChI=1S/C20H19BrN2O2/c1-12-9-13(21)3-5-17(12)23-19(24)20(7-8-20)16-11-22-18-6-4-14(25-2)10-15(16)18/h3-6,9-11,22H,7-8H2,1-2H3,(H,23,24). The molecule has 1 saturated carbocycles. The van der Waals surface area contributed by atoms with Gasteiger partial charge in [-0.3, -0.25) is 4.79 Å². The number of nitrogens with one attached hydrogen (secondary N) is 2. The molecule has 4 nitrogen and oxygen atoms in total. The zero-order valence-corrected chi connectivity index (χ0v) is 15.7. The van der Waals surface area contributed by atoms with Crippen LogP contribution in [0, 0.1) is 6.92 Å². The van der Waals surface area contributed by atoms with Gasteiger partial charge < -0.3 is 15.0 Å². The number of aromatic nitrogens is 1. The lowest BCUT2D eigenvalue weighted by molar-refractivity contribution is -0.118. The second-order valence-corrected chi connectivity index (χ2v) is 7.53. The van der Waals surface area contributed by atoms with Gasteiger partial charge in [0.05, 0.1) is 12.5 Å². The summed E-state index contributed by atoms with van der Waals surface area (Å²) in [5.41, 5.74) is 3.52. The topological polar surface area (TPSA) is 54.1 Å². The van der Waals surface area contributed by atoms with E-state index in [1.165, 1.54) is 0 Å². The smallest absolute Gasteiger partial charge is 0.235 e. The number of anilines is 1. The van der Waals surface area contributed by atoms with Crippen LogP contribution in [0.25, 0.3) is 10.9 Å². The Hall–Kier alpha value is -2.27. The molecule has 3 aromatic rings. The largest absolute Gasteiger partial charge is 0.497 e. The molecular weight excluding hydrogens is 380 g/mol. The average Bonchev–Trinajstić information content (AvgIpc) is 3.30. The van der Waals surface area contributed by atoms with Crippen molar-refractivity contribution < 1.29 is 9.53 Å². The second kappa shape index (κ2) is 5.92. The second-order valence-electron chi connectivity index (χ2n) is 6.61. The van der Waals surface area contributed by atoms with Crippen molar-refractivity contribution in [2.45, 2.75) is 25.2 Å². The van der Waals surface area contributed by atoms with Crippen LogP contribution in [-0.4, -0.2) is 18.0 Å². The van der Waals surface area contributed by atoms with Crippen LogP contribution in [0.3, 0.4) is 0 Å². The van der Waals surface area contributed by atoms with Crippen molar-refractivity contribution in [3.8, 4) is 5.75 Å². The van der Waals surface area contributed by atoms with Crippen LogP contribution < -0.4 is 10.1 Å². The Morgan fingerprint density at radius 1 is 1.24 bits per heavy atom. The number of aromatic amines is 1. The van der Waals surface area contributed by atoms with Crippen molar-refractivity contribution in [3.63, 3.8) is 0 Å². The Morgan fingerprint density at radius 2 is 2.04 bits per heavy atom. The molecular formula is C20H19BrN2O2. The predicted molar refractivity (Wildman–Crippen MR) is 103 cm³/mol. The monoisotopic (exact) mass is 398 g/mol. The maximum atomic E-state index is 13.1. The molecule has 2 aromatic carbocycles. The van der Waals surface area contributed by atoms with Crippen LogP contribution in [-0.2, 0) is 10.2 Å². The van der Waals surface area contributed by atoms with Crippen LogP contribution in [0.15, 0.2) is 47.1 Å². The lowest BCUT2D eigenvalue weighted by Gasteiger charge is -2.16. The fraction of sp³-hybridized carbons (Fsp3) is 0.250. The molecule has 5 heteroatoms. The summed E-state index contributed by atoms with van der Waals surface area (Å²) in [6.45, 7) is 2.00. The van der Waals surface area contributed by atoms with Crippen LogP contribution >= 0.6 is 15.9 Å². The fourth-order valence-corrected chi connectivity index (χ4v) is 3.85. The molecule has 0 bridgehead atoms. The number of fused-ring (bicyclic) bond motifs is 1. The molecule has 1 fully saturated rings. The van der Waals surface area contributed by atoms with E-state index in [2.05, 4.69) is 26.2 Å². The summed E-state index contributed by atoms with van der Waals surface area (Å²) < 4.78 is 6.35. The summed E-state index contributed by atoms with van der Waals surface area (Å²) in [7, 11) is 1.66. The van der Waals surface area contributed by atoms with E-state index in [9.17, 15) is 4.79 Å². The minimum absolute atomic E-state index is 0.0571. The van der Waals surface area contributed by atoms with Gasteiger partial charge in [0.25, 0.3) is 0 Å². The number of rotatable bonds is 4. The van der Waals surface area contributed by atoms with E-state index in [0.29, 0.717) is 0 Å². The van der Waals surface area contributed by atoms with Crippen LogP contribution in [0.4, 0.5) is 5.69 Å². The third kappa shape index (κ3) is 2.72. The molecule has 1 aliphatic rings. The molecule has 1 aliphatic carbocycles. The molecule has 1 heterocycles. The normalized spacial score (nSPS) is 15.2. The number of carbonyl (C=O) groups is 1. The Bertz CT molecular complexity index is 973. The zero-order valence-electron chi connectivity index (χ0n) is 14.2.